The third-order valence-electron chi connectivity index (χ3n) is 1.56. The van der Waals surface area contributed by atoms with Gasteiger partial charge in [0.1, 0.15) is 5.75 Å². The zero-order valence-electron chi connectivity index (χ0n) is 7.54. The molecule has 2 N–H and O–H groups in total. The van der Waals surface area contributed by atoms with Gasteiger partial charge in [0.2, 0.25) is 0 Å². The SMILES string of the molecule is NC(=O)COc1ccccc1C(F)(F)F. The highest BCUT2D eigenvalue weighted by molar-refractivity contribution is 5.75. The lowest BCUT2D eigenvalue weighted by molar-refractivity contribution is -0.139. The van der Waals surface area contributed by atoms with Crippen molar-refractivity contribution in [3.8, 4) is 5.75 Å². The summed E-state index contributed by atoms with van der Waals surface area (Å²) in [6, 6.07) is 4.62. The van der Waals surface area contributed by atoms with Crippen molar-refractivity contribution in [3.63, 3.8) is 0 Å². The number of rotatable bonds is 3. The van der Waals surface area contributed by atoms with Crippen LogP contribution in [0.15, 0.2) is 24.3 Å². The number of para-hydroxylation sites is 1. The number of amides is 1. The minimum absolute atomic E-state index is 0.399. The molecule has 1 rings (SSSR count). The van der Waals surface area contributed by atoms with Crippen molar-refractivity contribution in [3.05, 3.63) is 29.8 Å². The predicted molar refractivity (Wildman–Crippen MR) is 46.1 cm³/mol. The number of hydrogen-bond acceptors (Lipinski definition) is 2. The van der Waals surface area contributed by atoms with E-state index in [-0.39, 0.29) is 0 Å². The number of primary amides is 1. The lowest BCUT2D eigenvalue weighted by Crippen LogP contribution is -2.21. The Balaban J connectivity index is 2.92. The fourth-order valence-corrected chi connectivity index (χ4v) is 0.976. The summed E-state index contributed by atoms with van der Waals surface area (Å²) in [7, 11) is 0. The summed E-state index contributed by atoms with van der Waals surface area (Å²) in [4.78, 5) is 10.3. The van der Waals surface area contributed by atoms with Gasteiger partial charge in [-0.2, -0.15) is 13.2 Å². The molecule has 82 valence electrons. The van der Waals surface area contributed by atoms with Gasteiger partial charge in [-0.15, -0.1) is 0 Å². The Morgan fingerprint density at radius 2 is 1.93 bits per heavy atom. The van der Waals surface area contributed by atoms with E-state index in [0.717, 1.165) is 12.1 Å². The molecule has 0 saturated carbocycles. The summed E-state index contributed by atoms with van der Waals surface area (Å²) in [5.74, 6) is -1.23. The summed E-state index contributed by atoms with van der Waals surface area (Å²) < 4.78 is 41.8. The molecule has 0 aromatic heterocycles. The second-order valence-electron chi connectivity index (χ2n) is 2.75. The van der Waals surface area contributed by atoms with Gasteiger partial charge in [0.15, 0.2) is 6.61 Å². The lowest BCUT2D eigenvalue weighted by Gasteiger charge is -2.12. The molecule has 0 heterocycles. The van der Waals surface area contributed by atoms with Gasteiger partial charge in [-0.25, -0.2) is 0 Å². The van der Waals surface area contributed by atoms with E-state index >= 15 is 0 Å². The summed E-state index contributed by atoms with van der Waals surface area (Å²) >= 11 is 0. The second-order valence-corrected chi connectivity index (χ2v) is 2.75. The lowest BCUT2D eigenvalue weighted by atomic mass is 10.2. The van der Waals surface area contributed by atoms with Crippen molar-refractivity contribution in [2.75, 3.05) is 6.61 Å². The number of alkyl halides is 3. The molecule has 0 atom stereocenters. The van der Waals surface area contributed by atoms with E-state index < -0.39 is 30.0 Å². The Bertz CT molecular complexity index is 363. The second kappa shape index (κ2) is 4.20. The van der Waals surface area contributed by atoms with Crippen molar-refractivity contribution in [1.29, 1.82) is 0 Å². The maximum atomic E-state index is 12.4. The smallest absolute Gasteiger partial charge is 0.419 e. The maximum absolute atomic E-state index is 12.4. The van der Waals surface area contributed by atoms with Crippen LogP contribution in [-0.2, 0) is 11.0 Å². The minimum atomic E-state index is -4.51. The topological polar surface area (TPSA) is 52.3 Å². The highest BCUT2D eigenvalue weighted by Gasteiger charge is 2.34. The zero-order chi connectivity index (χ0) is 11.5. The van der Waals surface area contributed by atoms with E-state index in [1.54, 1.807) is 0 Å². The molecule has 1 aromatic rings. The van der Waals surface area contributed by atoms with Crippen LogP contribution in [0.2, 0.25) is 0 Å². The van der Waals surface area contributed by atoms with Crippen LogP contribution in [0.4, 0.5) is 13.2 Å². The van der Waals surface area contributed by atoms with Crippen LogP contribution in [0.25, 0.3) is 0 Å². The van der Waals surface area contributed by atoms with Crippen LogP contribution in [0.3, 0.4) is 0 Å². The summed E-state index contributed by atoms with van der Waals surface area (Å²) in [6.07, 6.45) is -4.51. The monoisotopic (exact) mass is 219 g/mol. The van der Waals surface area contributed by atoms with Gasteiger partial charge in [-0.1, -0.05) is 12.1 Å². The average Bonchev–Trinajstić information content (AvgIpc) is 2.13. The van der Waals surface area contributed by atoms with E-state index in [0.29, 0.717) is 0 Å². The van der Waals surface area contributed by atoms with E-state index in [1.807, 2.05) is 0 Å². The molecule has 0 bridgehead atoms. The number of nitrogens with two attached hydrogens (primary N) is 1. The fraction of sp³-hybridized carbons (Fsp3) is 0.222. The van der Waals surface area contributed by atoms with Crippen molar-refractivity contribution in [2.24, 2.45) is 5.73 Å². The van der Waals surface area contributed by atoms with Crippen molar-refractivity contribution < 1.29 is 22.7 Å². The minimum Gasteiger partial charge on any atom is -0.483 e. The van der Waals surface area contributed by atoms with Gasteiger partial charge in [0.05, 0.1) is 5.56 Å². The Hall–Kier alpha value is -1.72. The van der Waals surface area contributed by atoms with Gasteiger partial charge in [0, 0.05) is 0 Å². The molecule has 1 amide bonds. The number of hydrogen-bond donors (Lipinski definition) is 1. The van der Waals surface area contributed by atoms with Gasteiger partial charge < -0.3 is 10.5 Å². The molecular weight excluding hydrogens is 211 g/mol. The zero-order valence-corrected chi connectivity index (χ0v) is 7.54. The Morgan fingerprint density at radius 3 is 2.47 bits per heavy atom. The van der Waals surface area contributed by atoms with E-state index in [2.05, 4.69) is 4.74 Å². The fourth-order valence-electron chi connectivity index (χ4n) is 0.976. The molecule has 0 unspecified atom stereocenters. The Labute approximate surface area is 83.6 Å². The molecule has 0 aliphatic heterocycles. The molecule has 0 saturated heterocycles. The van der Waals surface area contributed by atoms with Crippen LogP contribution >= 0.6 is 0 Å². The first kappa shape index (κ1) is 11.4. The van der Waals surface area contributed by atoms with Gasteiger partial charge in [-0.05, 0) is 12.1 Å². The third-order valence-corrected chi connectivity index (χ3v) is 1.56. The predicted octanol–water partition coefficient (Wildman–Crippen LogP) is 1.57. The number of carbonyl (C=O) groups is 1. The van der Waals surface area contributed by atoms with Crippen LogP contribution in [0, 0.1) is 0 Å². The summed E-state index contributed by atoms with van der Waals surface area (Å²) in [5.41, 5.74) is 3.83. The van der Waals surface area contributed by atoms with Crippen molar-refractivity contribution in [1.82, 2.24) is 0 Å². The number of ether oxygens (including phenoxy) is 1. The molecule has 0 aliphatic rings. The molecule has 0 aliphatic carbocycles. The third kappa shape index (κ3) is 3.16. The van der Waals surface area contributed by atoms with Gasteiger partial charge in [-0.3, -0.25) is 4.79 Å². The number of halogens is 3. The summed E-state index contributed by atoms with van der Waals surface area (Å²) in [6.45, 7) is -0.576. The highest BCUT2D eigenvalue weighted by atomic mass is 19.4. The van der Waals surface area contributed by atoms with Crippen molar-refractivity contribution >= 4 is 5.91 Å². The van der Waals surface area contributed by atoms with Gasteiger partial charge in [0.25, 0.3) is 5.91 Å². The van der Waals surface area contributed by atoms with Crippen LogP contribution in [0.5, 0.6) is 5.75 Å². The van der Waals surface area contributed by atoms with E-state index in [1.165, 1.54) is 12.1 Å². The van der Waals surface area contributed by atoms with Crippen LogP contribution < -0.4 is 10.5 Å². The normalized spacial score (nSPS) is 11.1. The molecule has 0 spiro atoms. The number of benzene rings is 1. The average molecular weight is 219 g/mol. The first-order valence-corrected chi connectivity index (χ1v) is 3.98. The van der Waals surface area contributed by atoms with Crippen LogP contribution in [-0.4, -0.2) is 12.5 Å². The van der Waals surface area contributed by atoms with E-state index in [4.69, 9.17) is 5.73 Å². The highest BCUT2D eigenvalue weighted by Crippen LogP contribution is 2.35. The molecule has 1 aromatic carbocycles. The van der Waals surface area contributed by atoms with Crippen LogP contribution in [0.1, 0.15) is 5.56 Å². The first-order chi connectivity index (χ1) is 6.91. The molecule has 0 fully saturated rings. The first-order valence-electron chi connectivity index (χ1n) is 3.98. The Morgan fingerprint density at radius 1 is 1.33 bits per heavy atom. The van der Waals surface area contributed by atoms with Crippen molar-refractivity contribution in [2.45, 2.75) is 6.18 Å². The maximum Gasteiger partial charge on any atom is 0.419 e. The molecule has 3 nitrogen and oxygen atoms in total. The molecule has 0 radical (unpaired) electrons. The molecular formula is C9H8F3NO2. The largest absolute Gasteiger partial charge is 0.483 e. The standard InChI is InChI=1S/C9H8F3NO2/c10-9(11,12)6-3-1-2-4-7(6)15-5-8(13)14/h1-4H,5H2,(H2,13,14). The molecule has 6 heteroatoms. The quantitative estimate of drug-likeness (QED) is 0.838. The number of carbonyl (C=O) groups excluding carboxylic acids is 1. The van der Waals surface area contributed by atoms with E-state index in [9.17, 15) is 18.0 Å². The summed E-state index contributed by atoms with van der Waals surface area (Å²) in [5, 5.41) is 0. The van der Waals surface area contributed by atoms with Gasteiger partial charge >= 0.3 is 6.18 Å². The molecule has 15 heavy (non-hydrogen) atoms. The Kier molecular flexibility index (Phi) is 3.18.